The minimum Gasteiger partial charge on any atom is -0.507 e. The van der Waals surface area contributed by atoms with E-state index in [1.165, 1.54) is 0 Å². The molecule has 1 saturated heterocycles. The molecule has 1 fully saturated rings. The predicted octanol–water partition coefficient (Wildman–Crippen LogP) is 4.71. The highest BCUT2D eigenvalue weighted by Crippen LogP contribution is 2.40. The molecular weight excluding hydrogens is 428 g/mol. The molecule has 2 aromatic carbocycles. The van der Waals surface area contributed by atoms with E-state index in [4.69, 9.17) is 4.74 Å². The first kappa shape index (κ1) is 25.5. The van der Waals surface area contributed by atoms with Crippen LogP contribution in [0.4, 0.5) is 0 Å². The number of amides is 1. The molecule has 0 radical (unpaired) electrons. The van der Waals surface area contributed by atoms with Crippen molar-refractivity contribution in [1.29, 1.82) is 0 Å². The van der Waals surface area contributed by atoms with Gasteiger partial charge in [-0.05, 0) is 76.2 Å². The van der Waals surface area contributed by atoms with E-state index in [9.17, 15) is 14.7 Å². The summed E-state index contributed by atoms with van der Waals surface area (Å²) < 4.78 is 5.91. The summed E-state index contributed by atoms with van der Waals surface area (Å²) in [7, 11) is 3.95. The molecule has 1 atom stereocenters. The Morgan fingerprint density at radius 2 is 1.85 bits per heavy atom. The summed E-state index contributed by atoms with van der Waals surface area (Å²) in [5, 5.41) is 11.4. The summed E-state index contributed by atoms with van der Waals surface area (Å²) in [4.78, 5) is 30.0. The number of ketones is 1. The van der Waals surface area contributed by atoms with E-state index in [-0.39, 0.29) is 11.3 Å². The van der Waals surface area contributed by atoms with Crippen molar-refractivity contribution < 1.29 is 19.4 Å². The molecule has 3 rings (SSSR count). The number of rotatable bonds is 9. The standard InChI is InChI=1S/C28H36N2O4/c1-18(2)17-34-22-10-7-9-21(16-22)25-24(26(31)23-15-19(3)11-12-20(23)4)27(32)28(33)30(25)14-8-13-29(5)6/h7,9-12,15-16,18,25,31H,8,13-14,17H2,1-6H3/b26-24+. The lowest BCUT2D eigenvalue weighted by atomic mass is 9.93. The molecule has 1 heterocycles. The average molecular weight is 465 g/mol. The van der Waals surface area contributed by atoms with Gasteiger partial charge in [-0.25, -0.2) is 0 Å². The Labute approximate surface area is 202 Å². The van der Waals surface area contributed by atoms with Gasteiger partial charge in [0.25, 0.3) is 11.7 Å². The lowest BCUT2D eigenvalue weighted by molar-refractivity contribution is -0.139. The quantitative estimate of drug-likeness (QED) is 0.331. The van der Waals surface area contributed by atoms with Crippen LogP contribution < -0.4 is 4.74 Å². The number of hydrogen-bond acceptors (Lipinski definition) is 5. The number of likely N-dealkylation sites (tertiary alicyclic amines) is 1. The number of hydrogen-bond donors (Lipinski definition) is 1. The Morgan fingerprint density at radius 3 is 2.53 bits per heavy atom. The number of nitrogens with zero attached hydrogens (tertiary/aromatic N) is 2. The van der Waals surface area contributed by atoms with Gasteiger partial charge in [0.2, 0.25) is 0 Å². The third-order valence-electron chi connectivity index (χ3n) is 5.95. The molecule has 1 aliphatic heterocycles. The van der Waals surface area contributed by atoms with E-state index < -0.39 is 17.7 Å². The number of aliphatic hydroxyl groups excluding tert-OH is 1. The van der Waals surface area contributed by atoms with Gasteiger partial charge >= 0.3 is 0 Å². The summed E-state index contributed by atoms with van der Waals surface area (Å²) in [6.07, 6.45) is 0.712. The minimum atomic E-state index is -0.676. The van der Waals surface area contributed by atoms with Crippen LogP contribution in [-0.2, 0) is 9.59 Å². The smallest absolute Gasteiger partial charge is 0.295 e. The van der Waals surface area contributed by atoms with Crippen LogP contribution in [0.1, 0.15) is 48.6 Å². The zero-order chi connectivity index (χ0) is 25.0. The number of carbonyl (C=O) groups excluding carboxylic acids is 2. The molecule has 1 amide bonds. The lowest BCUT2D eigenvalue weighted by Crippen LogP contribution is -2.32. The fourth-order valence-electron chi connectivity index (χ4n) is 4.19. The predicted molar refractivity (Wildman–Crippen MR) is 135 cm³/mol. The Kier molecular flexibility index (Phi) is 8.15. The highest BCUT2D eigenvalue weighted by atomic mass is 16.5. The Balaban J connectivity index is 2.11. The molecule has 0 bridgehead atoms. The molecule has 6 nitrogen and oxygen atoms in total. The van der Waals surface area contributed by atoms with Crippen molar-refractivity contribution in [3.8, 4) is 5.75 Å². The van der Waals surface area contributed by atoms with Gasteiger partial charge in [0.05, 0.1) is 18.2 Å². The lowest BCUT2D eigenvalue weighted by Gasteiger charge is -2.26. The first-order valence-corrected chi connectivity index (χ1v) is 11.8. The van der Waals surface area contributed by atoms with Crippen LogP contribution in [0.25, 0.3) is 5.76 Å². The molecule has 0 aliphatic carbocycles. The van der Waals surface area contributed by atoms with Crippen LogP contribution in [0.3, 0.4) is 0 Å². The minimum absolute atomic E-state index is 0.129. The van der Waals surface area contributed by atoms with E-state index in [2.05, 4.69) is 13.8 Å². The fraction of sp³-hybridized carbons (Fsp3) is 0.429. The number of ether oxygens (including phenoxy) is 1. The second-order valence-electron chi connectivity index (χ2n) is 9.75. The molecule has 0 aromatic heterocycles. The maximum absolute atomic E-state index is 13.3. The molecule has 0 saturated carbocycles. The van der Waals surface area contributed by atoms with Crippen molar-refractivity contribution in [1.82, 2.24) is 9.80 Å². The van der Waals surface area contributed by atoms with Crippen molar-refractivity contribution in [2.45, 2.75) is 40.2 Å². The second kappa shape index (κ2) is 10.9. The van der Waals surface area contributed by atoms with Gasteiger partial charge in [-0.1, -0.05) is 43.7 Å². The maximum atomic E-state index is 13.3. The molecular formula is C28H36N2O4. The van der Waals surface area contributed by atoms with Crippen LogP contribution in [0.5, 0.6) is 5.75 Å². The van der Waals surface area contributed by atoms with Crippen LogP contribution in [0.15, 0.2) is 48.0 Å². The molecule has 34 heavy (non-hydrogen) atoms. The van der Waals surface area contributed by atoms with Crippen molar-refractivity contribution in [2.75, 3.05) is 33.8 Å². The van der Waals surface area contributed by atoms with Crippen LogP contribution in [0, 0.1) is 19.8 Å². The molecule has 6 heteroatoms. The van der Waals surface area contributed by atoms with E-state index >= 15 is 0 Å². The second-order valence-corrected chi connectivity index (χ2v) is 9.75. The van der Waals surface area contributed by atoms with Gasteiger partial charge in [-0.3, -0.25) is 9.59 Å². The van der Waals surface area contributed by atoms with Gasteiger partial charge in [-0.2, -0.15) is 0 Å². The number of aryl methyl sites for hydroxylation is 2. The van der Waals surface area contributed by atoms with Gasteiger partial charge in [0, 0.05) is 12.1 Å². The summed E-state index contributed by atoms with van der Waals surface area (Å²) >= 11 is 0. The van der Waals surface area contributed by atoms with E-state index in [1.54, 1.807) is 4.90 Å². The largest absolute Gasteiger partial charge is 0.507 e. The Hall–Kier alpha value is -3.12. The van der Waals surface area contributed by atoms with E-state index in [0.29, 0.717) is 36.8 Å². The summed E-state index contributed by atoms with van der Waals surface area (Å²) in [5.74, 6) is -0.319. The van der Waals surface area contributed by atoms with Crippen molar-refractivity contribution in [2.24, 2.45) is 5.92 Å². The normalized spacial score (nSPS) is 17.8. The molecule has 2 aromatic rings. The van der Waals surface area contributed by atoms with Crippen molar-refractivity contribution >= 4 is 17.4 Å². The van der Waals surface area contributed by atoms with Gasteiger partial charge < -0.3 is 19.6 Å². The van der Waals surface area contributed by atoms with Gasteiger partial charge in [0.1, 0.15) is 11.5 Å². The van der Waals surface area contributed by atoms with Crippen LogP contribution in [0.2, 0.25) is 0 Å². The SMILES string of the molecule is Cc1ccc(C)c(/C(O)=C2\C(=O)C(=O)N(CCCN(C)C)C2c2cccc(OCC(C)C)c2)c1. The highest BCUT2D eigenvalue weighted by Gasteiger charge is 2.46. The number of aliphatic hydroxyl groups is 1. The van der Waals surface area contributed by atoms with Crippen molar-refractivity contribution in [3.05, 3.63) is 70.3 Å². The first-order chi connectivity index (χ1) is 16.1. The van der Waals surface area contributed by atoms with Crippen LogP contribution in [-0.4, -0.2) is 60.4 Å². The summed E-state index contributed by atoms with van der Waals surface area (Å²) in [6, 6.07) is 12.5. The monoisotopic (exact) mass is 464 g/mol. The first-order valence-electron chi connectivity index (χ1n) is 11.8. The van der Waals surface area contributed by atoms with Gasteiger partial charge in [0.15, 0.2) is 0 Å². The van der Waals surface area contributed by atoms with E-state index in [0.717, 1.165) is 23.2 Å². The topological polar surface area (TPSA) is 70.1 Å². The number of benzene rings is 2. The average Bonchev–Trinajstić information content (AvgIpc) is 3.04. The molecule has 1 unspecified atom stereocenters. The Morgan fingerprint density at radius 1 is 1.12 bits per heavy atom. The highest BCUT2D eigenvalue weighted by molar-refractivity contribution is 6.46. The summed E-state index contributed by atoms with van der Waals surface area (Å²) in [6.45, 7) is 9.73. The Bertz CT molecular complexity index is 1090. The molecule has 1 aliphatic rings. The fourth-order valence-corrected chi connectivity index (χ4v) is 4.19. The van der Waals surface area contributed by atoms with E-state index in [1.807, 2.05) is 75.3 Å². The zero-order valence-corrected chi connectivity index (χ0v) is 21.1. The molecule has 182 valence electrons. The van der Waals surface area contributed by atoms with Gasteiger partial charge in [-0.15, -0.1) is 0 Å². The maximum Gasteiger partial charge on any atom is 0.295 e. The third-order valence-corrected chi connectivity index (χ3v) is 5.95. The zero-order valence-electron chi connectivity index (χ0n) is 21.1. The van der Waals surface area contributed by atoms with Crippen LogP contribution >= 0.6 is 0 Å². The molecule has 1 N–H and O–H groups in total. The number of carbonyl (C=O) groups is 2. The van der Waals surface area contributed by atoms with Crippen molar-refractivity contribution in [3.63, 3.8) is 0 Å². The molecule has 0 spiro atoms. The summed E-state index contributed by atoms with van der Waals surface area (Å²) in [5.41, 5.74) is 3.26. The third kappa shape index (κ3) is 5.68. The number of Topliss-reactive ketones (excluding diaryl/α,β-unsaturated/α-hetero) is 1.